The lowest BCUT2D eigenvalue weighted by Gasteiger charge is -2.34. The Balaban J connectivity index is 1.51. The van der Waals surface area contributed by atoms with E-state index < -0.39 is 10.0 Å². The molecule has 0 radical (unpaired) electrons. The second-order valence-corrected chi connectivity index (χ2v) is 11.8. The van der Waals surface area contributed by atoms with Crippen molar-refractivity contribution in [3.8, 4) is 0 Å². The van der Waals surface area contributed by atoms with Gasteiger partial charge in [-0.1, -0.05) is 59.5 Å². The fourth-order valence-corrected chi connectivity index (χ4v) is 6.93. The van der Waals surface area contributed by atoms with Gasteiger partial charge in [0, 0.05) is 26.2 Å². The van der Waals surface area contributed by atoms with E-state index in [1.807, 2.05) is 6.92 Å². The van der Waals surface area contributed by atoms with Crippen molar-refractivity contribution in [2.75, 3.05) is 37.7 Å². The third kappa shape index (κ3) is 5.26. The van der Waals surface area contributed by atoms with Crippen LogP contribution in [0.4, 0.5) is 0 Å². The third-order valence-electron chi connectivity index (χ3n) is 4.22. The zero-order valence-corrected chi connectivity index (χ0v) is 19.0. The lowest BCUT2D eigenvalue weighted by atomic mass is 10.2. The van der Waals surface area contributed by atoms with Crippen LogP contribution in [0.25, 0.3) is 0 Å². The number of aryl methyl sites for hydroxylation is 1. The van der Waals surface area contributed by atoms with Gasteiger partial charge in [-0.05, 0) is 24.8 Å². The van der Waals surface area contributed by atoms with Gasteiger partial charge >= 0.3 is 0 Å². The number of piperazine rings is 1. The Bertz CT molecular complexity index is 907. The lowest BCUT2D eigenvalue weighted by molar-refractivity contribution is -0.129. The van der Waals surface area contributed by atoms with E-state index in [1.54, 1.807) is 40.9 Å². The molecule has 0 spiro atoms. The Hall–Kier alpha value is -1.14. The van der Waals surface area contributed by atoms with Gasteiger partial charge in [-0.15, -0.1) is 10.2 Å². The van der Waals surface area contributed by atoms with Crippen LogP contribution in [0.15, 0.2) is 37.8 Å². The second kappa shape index (κ2) is 9.57. The fraction of sp³-hybridized carbons (Fsp3) is 0.471. The summed E-state index contributed by atoms with van der Waals surface area (Å²) in [7, 11) is -3.51. The van der Waals surface area contributed by atoms with Crippen molar-refractivity contribution in [1.82, 2.24) is 19.4 Å². The standard InChI is InChI=1S/C17H22N4O3S4/c1-3-25-16-18-19-17(27-16)26-12-15(22)20-8-10-21(11-9-20)28(23,24)14-6-4-13(2)5-7-14/h4-7H,3,8-12H2,1-2H3. The van der Waals surface area contributed by atoms with Crippen molar-refractivity contribution in [2.24, 2.45) is 0 Å². The van der Waals surface area contributed by atoms with Crippen molar-refractivity contribution in [3.05, 3.63) is 29.8 Å². The van der Waals surface area contributed by atoms with Gasteiger partial charge in [0.1, 0.15) is 0 Å². The quantitative estimate of drug-likeness (QED) is 0.590. The molecule has 1 aromatic heterocycles. The van der Waals surface area contributed by atoms with Gasteiger partial charge in [0.15, 0.2) is 8.68 Å². The number of nitrogens with zero attached hydrogens (tertiary/aromatic N) is 4. The maximum Gasteiger partial charge on any atom is 0.243 e. The number of carbonyl (C=O) groups excluding carboxylic acids is 1. The van der Waals surface area contributed by atoms with Crippen LogP contribution in [0, 0.1) is 6.92 Å². The summed E-state index contributed by atoms with van der Waals surface area (Å²) in [5, 5.41) is 8.17. The molecule has 1 aliphatic heterocycles. The van der Waals surface area contributed by atoms with Gasteiger partial charge in [0.05, 0.1) is 10.6 Å². The van der Waals surface area contributed by atoms with Gasteiger partial charge < -0.3 is 4.90 Å². The molecule has 1 amide bonds. The molecule has 0 bridgehead atoms. The maximum absolute atomic E-state index is 12.7. The number of sulfonamides is 1. The van der Waals surface area contributed by atoms with Crippen LogP contribution in [-0.2, 0) is 14.8 Å². The molecule has 1 aromatic carbocycles. The number of benzene rings is 1. The molecule has 28 heavy (non-hydrogen) atoms. The monoisotopic (exact) mass is 458 g/mol. The highest BCUT2D eigenvalue weighted by molar-refractivity contribution is 8.03. The van der Waals surface area contributed by atoms with Crippen LogP contribution < -0.4 is 0 Å². The third-order valence-corrected chi connectivity index (χ3v) is 9.19. The smallest absolute Gasteiger partial charge is 0.243 e. The molecular formula is C17H22N4O3S4. The average molecular weight is 459 g/mol. The average Bonchev–Trinajstić information content (AvgIpc) is 3.14. The molecule has 0 saturated carbocycles. The second-order valence-electron chi connectivity index (χ2n) is 6.15. The molecule has 0 aliphatic carbocycles. The number of hydrogen-bond donors (Lipinski definition) is 0. The molecule has 2 aromatic rings. The highest BCUT2D eigenvalue weighted by Gasteiger charge is 2.30. The molecule has 11 heteroatoms. The van der Waals surface area contributed by atoms with E-state index in [0.717, 1.165) is 20.0 Å². The Kier molecular flexibility index (Phi) is 7.37. The van der Waals surface area contributed by atoms with Crippen LogP contribution in [0.1, 0.15) is 12.5 Å². The number of thioether (sulfide) groups is 2. The summed E-state index contributed by atoms with van der Waals surface area (Å²) in [5.41, 5.74) is 1.02. The summed E-state index contributed by atoms with van der Waals surface area (Å²) in [6, 6.07) is 6.85. The summed E-state index contributed by atoms with van der Waals surface area (Å²) in [6.45, 7) is 5.39. The minimum atomic E-state index is -3.51. The summed E-state index contributed by atoms with van der Waals surface area (Å²) in [4.78, 5) is 14.5. The van der Waals surface area contributed by atoms with Crippen LogP contribution >= 0.6 is 34.9 Å². The van der Waals surface area contributed by atoms with Crippen LogP contribution in [0.3, 0.4) is 0 Å². The SMILES string of the molecule is CCSc1nnc(SCC(=O)N2CCN(S(=O)(=O)c3ccc(C)cc3)CC2)s1. The Morgan fingerprint density at radius 3 is 2.29 bits per heavy atom. The van der Waals surface area contributed by atoms with Crippen molar-refractivity contribution < 1.29 is 13.2 Å². The summed E-state index contributed by atoms with van der Waals surface area (Å²) < 4.78 is 28.6. The van der Waals surface area contributed by atoms with Crippen molar-refractivity contribution in [1.29, 1.82) is 0 Å². The van der Waals surface area contributed by atoms with Crippen LogP contribution in [0.2, 0.25) is 0 Å². The van der Waals surface area contributed by atoms with Gasteiger partial charge in [-0.2, -0.15) is 4.31 Å². The maximum atomic E-state index is 12.7. The summed E-state index contributed by atoms with van der Waals surface area (Å²) in [5.74, 6) is 1.22. The largest absolute Gasteiger partial charge is 0.339 e. The molecule has 0 unspecified atom stereocenters. The predicted molar refractivity (Wildman–Crippen MR) is 114 cm³/mol. The zero-order valence-electron chi connectivity index (χ0n) is 15.7. The van der Waals surface area contributed by atoms with Crippen LogP contribution in [-0.4, -0.2) is 71.4 Å². The topological polar surface area (TPSA) is 83.5 Å². The first-order valence-electron chi connectivity index (χ1n) is 8.84. The zero-order chi connectivity index (χ0) is 20.1. The number of aromatic nitrogens is 2. The number of carbonyl (C=O) groups is 1. The molecule has 152 valence electrons. The lowest BCUT2D eigenvalue weighted by Crippen LogP contribution is -2.50. The van der Waals surface area contributed by atoms with Crippen LogP contribution in [0.5, 0.6) is 0 Å². The van der Waals surface area contributed by atoms with Crippen molar-refractivity contribution >= 4 is 50.8 Å². The fourth-order valence-electron chi connectivity index (χ4n) is 2.69. The molecule has 1 saturated heterocycles. The van der Waals surface area contributed by atoms with E-state index in [2.05, 4.69) is 17.1 Å². The molecule has 0 atom stereocenters. The molecule has 2 heterocycles. The first-order valence-corrected chi connectivity index (χ1v) is 13.1. The van der Waals surface area contributed by atoms with E-state index in [-0.39, 0.29) is 11.7 Å². The molecule has 1 aliphatic rings. The van der Waals surface area contributed by atoms with Gasteiger partial charge in [-0.25, -0.2) is 8.42 Å². The van der Waals surface area contributed by atoms with E-state index in [1.165, 1.54) is 27.4 Å². The predicted octanol–water partition coefficient (Wildman–Crippen LogP) is 2.58. The summed E-state index contributed by atoms with van der Waals surface area (Å²) in [6.07, 6.45) is 0. The van der Waals surface area contributed by atoms with E-state index in [4.69, 9.17) is 0 Å². The Morgan fingerprint density at radius 2 is 1.68 bits per heavy atom. The molecule has 7 nitrogen and oxygen atoms in total. The molecular weight excluding hydrogens is 436 g/mol. The van der Waals surface area contributed by atoms with Crippen molar-refractivity contribution in [2.45, 2.75) is 27.4 Å². The highest BCUT2D eigenvalue weighted by atomic mass is 32.2. The van der Waals surface area contributed by atoms with Gasteiger partial charge in [0.2, 0.25) is 15.9 Å². The van der Waals surface area contributed by atoms with E-state index >= 15 is 0 Å². The minimum Gasteiger partial charge on any atom is -0.339 e. The first-order chi connectivity index (χ1) is 13.4. The number of rotatable bonds is 7. The minimum absolute atomic E-state index is 0.00252. The van der Waals surface area contributed by atoms with E-state index in [0.29, 0.717) is 31.1 Å². The highest BCUT2D eigenvalue weighted by Crippen LogP contribution is 2.28. The molecule has 3 rings (SSSR count). The van der Waals surface area contributed by atoms with E-state index in [9.17, 15) is 13.2 Å². The Morgan fingerprint density at radius 1 is 1.07 bits per heavy atom. The number of hydrogen-bond acceptors (Lipinski definition) is 8. The number of amides is 1. The van der Waals surface area contributed by atoms with Gasteiger partial charge in [-0.3, -0.25) is 4.79 Å². The summed E-state index contributed by atoms with van der Waals surface area (Å²) >= 11 is 4.51. The first kappa shape index (κ1) is 21.6. The Labute approximate surface area is 178 Å². The van der Waals surface area contributed by atoms with Crippen molar-refractivity contribution in [3.63, 3.8) is 0 Å². The molecule has 0 N–H and O–H groups in total. The molecule has 1 fully saturated rings. The van der Waals surface area contributed by atoms with Gasteiger partial charge in [0.25, 0.3) is 0 Å². The normalized spacial score (nSPS) is 15.7.